The molecule has 0 fully saturated rings. The third-order valence-corrected chi connectivity index (χ3v) is 4.54. The van der Waals surface area contributed by atoms with E-state index < -0.39 is 0 Å². The standard InChI is InChI=1S/C15H20ClN3S/c1-4-19(5-2)15-18-10-12(20-15)9-17-14-8-11(3)6-7-13(14)16/h6-8,10,17H,4-5,9H2,1-3H3. The van der Waals surface area contributed by atoms with Gasteiger partial charge in [0.25, 0.3) is 0 Å². The van der Waals surface area contributed by atoms with Crippen LogP contribution in [0.5, 0.6) is 0 Å². The van der Waals surface area contributed by atoms with E-state index in [-0.39, 0.29) is 0 Å². The Morgan fingerprint density at radius 2 is 2.05 bits per heavy atom. The molecule has 0 aliphatic heterocycles. The normalized spacial score (nSPS) is 10.6. The van der Waals surface area contributed by atoms with Crippen molar-refractivity contribution in [1.29, 1.82) is 0 Å². The number of hydrogen-bond acceptors (Lipinski definition) is 4. The van der Waals surface area contributed by atoms with Crippen molar-refractivity contribution in [3.05, 3.63) is 39.9 Å². The van der Waals surface area contributed by atoms with Gasteiger partial charge in [0, 0.05) is 24.2 Å². The van der Waals surface area contributed by atoms with Gasteiger partial charge in [-0.2, -0.15) is 0 Å². The van der Waals surface area contributed by atoms with E-state index in [2.05, 4.69) is 42.0 Å². The molecule has 20 heavy (non-hydrogen) atoms. The fourth-order valence-corrected chi connectivity index (χ4v) is 3.14. The highest BCUT2D eigenvalue weighted by Crippen LogP contribution is 2.26. The van der Waals surface area contributed by atoms with Crippen LogP contribution in [-0.4, -0.2) is 18.1 Å². The summed E-state index contributed by atoms with van der Waals surface area (Å²) in [4.78, 5) is 7.95. The Bertz CT molecular complexity index is 564. The van der Waals surface area contributed by atoms with Crippen LogP contribution >= 0.6 is 22.9 Å². The molecule has 2 rings (SSSR count). The van der Waals surface area contributed by atoms with Gasteiger partial charge in [-0.25, -0.2) is 4.98 Å². The minimum absolute atomic E-state index is 0.752. The number of halogens is 1. The molecule has 0 radical (unpaired) electrons. The van der Waals surface area contributed by atoms with E-state index in [1.54, 1.807) is 11.3 Å². The van der Waals surface area contributed by atoms with Crippen LogP contribution in [0.3, 0.4) is 0 Å². The predicted molar refractivity (Wildman–Crippen MR) is 89.2 cm³/mol. The fourth-order valence-electron chi connectivity index (χ4n) is 1.98. The first-order valence-corrected chi connectivity index (χ1v) is 8.03. The summed E-state index contributed by atoms with van der Waals surface area (Å²) in [6, 6.07) is 6.00. The molecule has 2 aromatic rings. The average Bonchev–Trinajstić information content (AvgIpc) is 2.90. The Balaban J connectivity index is 2.02. The Morgan fingerprint density at radius 1 is 1.30 bits per heavy atom. The van der Waals surface area contributed by atoms with Crippen LogP contribution in [0, 0.1) is 6.92 Å². The number of thiazole rings is 1. The topological polar surface area (TPSA) is 28.2 Å². The largest absolute Gasteiger partial charge is 0.379 e. The van der Waals surface area contributed by atoms with Crippen molar-refractivity contribution < 1.29 is 0 Å². The first kappa shape index (κ1) is 15.1. The van der Waals surface area contributed by atoms with Gasteiger partial charge < -0.3 is 10.2 Å². The van der Waals surface area contributed by atoms with Crippen LogP contribution < -0.4 is 10.2 Å². The number of benzene rings is 1. The van der Waals surface area contributed by atoms with Crippen LogP contribution in [0.2, 0.25) is 5.02 Å². The van der Waals surface area contributed by atoms with Gasteiger partial charge in [0.05, 0.1) is 17.3 Å². The van der Waals surface area contributed by atoms with Crippen molar-refractivity contribution in [1.82, 2.24) is 4.98 Å². The third kappa shape index (κ3) is 3.64. The van der Waals surface area contributed by atoms with Crippen molar-refractivity contribution in [3.8, 4) is 0 Å². The summed E-state index contributed by atoms with van der Waals surface area (Å²) >= 11 is 7.91. The van der Waals surface area contributed by atoms with Gasteiger partial charge in [-0.15, -0.1) is 11.3 Å². The molecule has 0 aliphatic carbocycles. The summed E-state index contributed by atoms with van der Waals surface area (Å²) in [6.45, 7) is 9.08. The zero-order chi connectivity index (χ0) is 14.5. The average molecular weight is 310 g/mol. The van der Waals surface area contributed by atoms with Crippen molar-refractivity contribution in [3.63, 3.8) is 0 Å². The van der Waals surface area contributed by atoms with Crippen LogP contribution in [0.15, 0.2) is 24.4 Å². The highest BCUT2D eigenvalue weighted by atomic mass is 35.5. The van der Waals surface area contributed by atoms with Gasteiger partial charge in [0.15, 0.2) is 5.13 Å². The van der Waals surface area contributed by atoms with Gasteiger partial charge in [-0.1, -0.05) is 17.7 Å². The second-order valence-corrected chi connectivity index (χ2v) is 6.12. The number of aryl methyl sites for hydroxylation is 1. The number of nitrogens with zero attached hydrogens (tertiary/aromatic N) is 2. The van der Waals surface area contributed by atoms with Crippen LogP contribution in [0.4, 0.5) is 10.8 Å². The van der Waals surface area contributed by atoms with Crippen molar-refractivity contribution in [2.24, 2.45) is 0 Å². The lowest BCUT2D eigenvalue weighted by atomic mass is 10.2. The zero-order valence-electron chi connectivity index (χ0n) is 12.1. The van der Waals surface area contributed by atoms with Crippen LogP contribution in [0.25, 0.3) is 0 Å². The molecule has 1 N–H and O–H groups in total. The van der Waals surface area contributed by atoms with E-state index in [9.17, 15) is 0 Å². The summed E-state index contributed by atoms with van der Waals surface area (Å²) in [6.07, 6.45) is 1.94. The molecule has 1 heterocycles. The number of aromatic nitrogens is 1. The van der Waals surface area contributed by atoms with Crippen molar-refractivity contribution >= 4 is 33.8 Å². The summed E-state index contributed by atoms with van der Waals surface area (Å²) in [5.74, 6) is 0. The lowest BCUT2D eigenvalue weighted by Crippen LogP contribution is -2.21. The molecular formula is C15H20ClN3S. The maximum absolute atomic E-state index is 6.18. The Kier molecular flexibility index (Phi) is 5.26. The second-order valence-electron chi connectivity index (χ2n) is 4.62. The van der Waals surface area contributed by atoms with E-state index >= 15 is 0 Å². The van der Waals surface area contributed by atoms with Gasteiger partial charge in [0.2, 0.25) is 0 Å². The highest BCUT2D eigenvalue weighted by Gasteiger charge is 2.08. The molecule has 0 saturated heterocycles. The highest BCUT2D eigenvalue weighted by molar-refractivity contribution is 7.15. The first-order valence-electron chi connectivity index (χ1n) is 6.83. The maximum Gasteiger partial charge on any atom is 0.185 e. The molecule has 0 saturated carbocycles. The quantitative estimate of drug-likeness (QED) is 0.847. The molecule has 108 valence electrons. The minimum atomic E-state index is 0.752. The lowest BCUT2D eigenvalue weighted by molar-refractivity contribution is 0.860. The summed E-state index contributed by atoms with van der Waals surface area (Å²) in [7, 11) is 0. The lowest BCUT2D eigenvalue weighted by Gasteiger charge is -2.16. The zero-order valence-corrected chi connectivity index (χ0v) is 13.7. The number of nitrogens with one attached hydrogen (secondary N) is 1. The monoisotopic (exact) mass is 309 g/mol. The van der Waals surface area contributed by atoms with Gasteiger partial charge >= 0.3 is 0 Å². The SMILES string of the molecule is CCN(CC)c1ncc(CNc2cc(C)ccc2Cl)s1. The molecule has 1 aromatic heterocycles. The molecule has 0 atom stereocenters. The minimum Gasteiger partial charge on any atom is -0.379 e. The van der Waals surface area contributed by atoms with Gasteiger partial charge in [-0.05, 0) is 38.5 Å². The summed E-state index contributed by atoms with van der Waals surface area (Å²) in [5, 5.41) is 5.22. The summed E-state index contributed by atoms with van der Waals surface area (Å²) < 4.78 is 0. The maximum atomic E-state index is 6.18. The molecule has 0 spiro atoms. The van der Waals surface area contributed by atoms with E-state index in [1.165, 1.54) is 10.4 Å². The molecule has 3 nitrogen and oxygen atoms in total. The fraction of sp³-hybridized carbons (Fsp3) is 0.400. The van der Waals surface area contributed by atoms with Crippen LogP contribution in [0.1, 0.15) is 24.3 Å². The van der Waals surface area contributed by atoms with E-state index in [1.807, 2.05) is 18.3 Å². The Hall–Kier alpha value is -1.26. The number of anilines is 2. The number of hydrogen-bond donors (Lipinski definition) is 1. The van der Waals surface area contributed by atoms with Crippen LogP contribution in [-0.2, 0) is 6.54 Å². The van der Waals surface area contributed by atoms with Gasteiger partial charge in [0.1, 0.15) is 0 Å². The third-order valence-electron chi connectivity index (χ3n) is 3.15. The molecule has 0 amide bonds. The van der Waals surface area contributed by atoms with Gasteiger partial charge in [-0.3, -0.25) is 0 Å². The molecule has 0 bridgehead atoms. The molecule has 1 aromatic carbocycles. The Morgan fingerprint density at radius 3 is 2.75 bits per heavy atom. The van der Waals surface area contributed by atoms with Crippen molar-refractivity contribution in [2.45, 2.75) is 27.3 Å². The second kappa shape index (κ2) is 6.95. The molecule has 5 heteroatoms. The molecular weight excluding hydrogens is 290 g/mol. The molecule has 0 unspecified atom stereocenters. The first-order chi connectivity index (χ1) is 9.63. The summed E-state index contributed by atoms with van der Waals surface area (Å²) in [5.41, 5.74) is 2.18. The van der Waals surface area contributed by atoms with E-state index in [0.717, 1.165) is 35.5 Å². The number of rotatable bonds is 6. The van der Waals surface area contributed by atoms with E-state index in [0.29, 0.717) is 0 Å². The smallest absolute Gasteiger partial charge is 0.185 e. The van der Waals surface area contributed by atoms with Crippen molar-refractivity contribution in [2.75, 3.05) is 23.3 Å². The Labute approximate surface area is 129 Å². The van der Waals surface area contributed by atoms with E-state index in [4.69, 9.17) is 11.6 Å². The predicted octanol–water partition coefficient (Wildman–Crippen LogP) is 4.56. The molecule has 0 aliphatic rings.